The van der Waals surface area contributed by atoms with E-state index < -0.39 is 11.0 Å². The van der Waals surface area contributed by atoms with Crippen molar-refractivity contribution in [1.82, 2.24) is 0 Å². The number of rotatable bonds is 4. The molecule has 1 aliphatic rings. The van der Waals surface area contributed by atoms with Crippen LogP contribution < -0.4 is 9.47 Å². The van der Waals surface area contributed by atoms with Crippen molar-refractivity contribution in [2.75, 3.05) is 6.79 Å². The molecule has 1 aromatic rings. The van der Waals surface area contributed by atoms with Crippen molar-refractivity contribution < 1.29 is 13.7 Å². The molecule has 1 aromatic carbocycles. The Morgan fingerprint density at radius 2 is 1.86 bits per heavy atom. The van der Waals surface area contributed by atoms with E-state index in [1.165, 1.54) is 0 Å². The first kappa shape index (κ1) is 18.7. The van der Waals surface area contributed by atoms with Gasteiger partial charge >= 0.3 is 0 Å². The normalized spacial score (nSPS) is 15.1. The van der Waals surface area contributed by atoms with E-state index in [9.17, 15) is 4.21 Å². The average Bonchev–Trinajstić information content (AvgIpc) is 2.95. The van der Waals surface area contributed by atoms with Gasteiger partial charge in [-0.05, 0) is 44.9 Å². The van der Waals surface area contributed by atoms with Crippen LogP contribution in [0.3, 0.4) is 0 Å². The number of hydrogen-bond donors (Lipinski definition) is 0. The summed E-state index contributed by atoms with van der Waals surface area (Å²) in [5.74, 6) is 1.55. The standard InChI is InChI=1S/C15H21NO3S.C2H6/c1-5-12(16-20(17)15(2,3)4)8-11-6-7-13-14(9-11)19-10-18-13;1-2/h6-7,9H,5,8,10H2,1-4H3;1-2H3/b16-12+;. The van der Waals surface area contributed by atoms with Gasteiger partial charge in [-0.15, -0.1) is 0 Å². The molecule has 1 heterocycles. The first-order chi connectivity index (χ1) is 10.4. The van der Waals surface area contributed by atoms with Crippen molar-refractivity contribution in [3.63, 3.8) is 0 Å². The van der Waals surface area contributed by atoms with Gasteiger partial charge in [-0.3, -0.25) is 0 Å². The van der Waals surface area contributed by atoms with Gasteiger partial charge in [0.1, 0.15) is 11.0 Å². The van der Waals surface area contributed by atoms with E-state index in [1.54, 1.807) is 0 Å². The highest BCUT2D eigenvalue weighted by molar-refractivity contribution is 7.85. The molecule has 0 aromatic heterocycles. The molecule has 0 bridgehead atoms. The van der Waals surface area contributed by atoms with E-state index in [1.807, 2.05) is 59.7 Å². The van der Waals surface area contributed by atoms with Crippen LogP contribution in [0.15, 0.2) is 22.6 Å². The summed E-state index contributed by atoms with van der Waals surface area (Å²) in [6.45, 7) is 12.1. The Labute approximate surface area is 136 Å². The van der Waals surface area contributed by atoms with Crippen LogP contribution in [-0.4, -0.2) is 21.5 Å². The molecule has 0 aliphatic carbocycles. The number of ether oxygens (including phenoxy) is 2. The van der Waals surface area contributed by atoms with Gasteiger partial charge in [-0.2, -0.15) is 4.40 Å². The zero-order valence-corrected chi connectivity index (χ0v) is 15.3. The Balaban J connectivity index is 0.00000116. The number of benzene rings is 1. The zero-order chi connectivity index (χ0) is 16.8. The molecule has 0 saturated carbocycles. The summed E-state index contributed by atoms with van der Waals surface area (Å²) in [5, 5.41) is 0. The lowest BCUT2D eigenvalue weighted by atomic mass is 10.1. The van der Waals surface area contributed by atoms with Crippen LogP contribution in [0, 0.1) is 0 Å². The minimum atomic E-state index is -1.21. The van der Waals surface area contributed by atoms with Crippen molar-refractivity contribution in [3.8, 4) is 11.5 Å². The predicted octanol–water partition coefficient (Wildman–Crippen LogP) is 4.30. The van der Waals surface area contributed by atoms with Gasteiger partial charge in [0.2, 0.25) is 6.79 Å². The predicted molar refractivity (Wildman–Crippen MR) is 93.2 cm³/mol. The number of hydrogen-bond acceptors (Lipinski definition) is 3. The maximum absolute atomic E-state index is 12.1. The summed E-state index contributed by atoms with van der Waals surface area (Å²) in [6.07, 6.45) is 1.48. The first-order valence-electron chi connectivity index (χ1n) is 7.77. The number of fused-ring (bicyclic) bond motifs is 1. The zero-order valence-electron chi connectivity index (χ0n) is 14.4. The Morgan fingerprint density at radius 1 is 1.23 bits per heavy atom. The van der Waals surface area contributed by atoms with Gasteiger partial charge in [0.15, 0.2) is 11.5 Å². The van der Waals surface area contributed by atoms with Gasteiger partial charge in [0.05, 0.1) is 4.75 Å². The van der Waals surface area contributed by atoms with Crippen LogP contribution in [0.5, 0.6) is 11.5 Å². The third kappa shape index (κ3) is 5.13. The Morgan fingerprint density at radius 3 is 2.45 bits per heavy atom. The van der Waals surface area contributed by atoms with Crippen LogP contribution in [0.2, 0.25) is 0 Å². The highest BCUT2D eigenvalue weighted by atomic mass is 32.2. The van der Waals surface area contributed by atoms with Crippen LogP contribution in [0.1, 0.15) is 53.5 Å². The van der Waals surface area contributed by atoms with Gasteiger partial charge in [0.25, 0.3) is 0 Å². The summed E-state index contributed by atoms with van der Waals surface area (Å²) in [7, 11) is -1.21. The molecule has 4 nitrogen and oxygen atoms in total. The van der Waals surface area contributed by atoms with E-state index in [2.05, 4.69) is 4.40 Å². The second-order valence-electron chi connectivity index (χ2n) is 5.74. The Bertz CT molecular complexity index is 547. The largest absolute Gasteiger partial charge is 0.454 e. The molecule has 5 heteroatoms. The fourth-order valence-electron chi connectivity index (χ4n) is 1.76. The third-order valence-electron chi connectivity index (χ3n) is 2.99. The minimum absolute atomic E-state index is 0.279. The first-order valence-corrected chi connectivity index (χ1v) is 8.88. The molecular formula is C17H27NO3S. The lowest BCUT2D eigenvalue weighted by Crippen LogP contribution is -2.21. The molecule has 0 radical (unpaired) electrons. The van der Waals surface area contributed by atoms with Gasteiger partial charge < -0.3 is 9.47 Å². The molecule has 22 heavy (non-hydrogen) atoms. The quantitative estimate of drug-likeness (QED) is 0.776. The third-order valence-corrected chi connectivity index (χ3v) is 4.46. The maximum atomic E-state index is 12.1. The Hall–Kier alpha value is -1.36. The molecule has 0 saturated heterocycles. The average molecular weight is 325 g/mol. The summed E-state index contributed by atoms with van der Waals surface area (Å²) in [4.78, 5) is 0. The minimum Gasteiger partial charge on any atom is -0.454 e. The fraction of sp³-hybridized carbons (Fsp3) is 0.588. The van der Waals surface area contributed by atoms with E-state index in [0.29, 0.717) is 6.42 Å². The van der Waals surface area contributed by atoms with Gasteiger partial charge in [-0.25, -0.2) is 4.21 Å². The lowest BCUT2D eigenvalue weighted by Gasteiger charge is -2.15. The SMILES string of the molecule is CC.CC/C(Cc1ccc2c(c1)OCO2)=N\S(=O)C(C)(C)C. The number of nitrogens with zero attached hydrogens (tertiary/aromatic N) is 1. The smallest absolute Gasteiger partial charge is 0.231 e. The van der Waals surface area contributed by atoms with Crippen LogP contribution >= 0.6 is 0 Å². The van der Waals surface area contributed by atoms with Gasteiger partial charge in [0, 0.05) is 12.1 Å². The van der Waals surface area contributed by atoms with E-state index in [-0.39, 0.29) is 11.5 Å². The van der Waals surface area contributed by atoms with E-state index in [0.717, 1.165) is 29.2 Å². The molecule has 1 aliphatic heterocycles. The van der Waals surface area contributed by atoms with Crippen molar-refractivity contribution in [1.29, 1.82) is 0 Å². The van der Waals surface area contributed by atoms with Crippen molar-refractivity contribution >= 4 is 16.7 Å². The molecule has 124 valence electrons. The van der Waals surface area contributed by atoms with Gasteiger partial charge in [-0.1, -0.05) is 26.8 Å². The summed E-state index contributed by atoms with van der Waals surface area (Å²) in [6, 6.07) is 5.87. The molecule has 1 atom stereocenters. The molecule has 2 rings (SSSR count). The lowest BCUT2D eigenvalue weighted by molar-refractivity contribution is 0.174. The Kier molecular flexibility index (Phi) is 7.07. The maximum Gasteiger partial charge on any atom is 0.231 e. The van der Waals surface area contributed by atoms with E-state index >= 15 is 0 Å². The second kappa shape index (κ2) is 8.32. The summed E-state index contributed by atoms with van der Waals surface area (Å²) < 4.78 is 26.8. The highest BCUT2D eigenvalue weighted by Gasteiger charge is 2.20. The molecule has 1 unspecified atom stereocenters. The summed E-state index contributed by atoms with van der Waals surface area (Å²) in [5.41, 5.74) is 2.04. The van der Waals surface area contributed by atoms with Crippen LogP contribution in [0.25, 0.3) is 0 Å². The van der Waals surface area contributed by atoms with E-state index in [4.69, 9.17) is 9.47 Å². The molecule has 0 spiro atoms. The monoisotopic (exact) mass is 325 g/mol. The molecule has 0 fully saturated rings. The fourth-order valence-corrected chi connectivity index (χ4v) is 2.46. The molecular weight excluding hydrogens is 298 g/mol. The second-order valence-corrected chi connectivity index (χ2v) is 7.64. The molecule has 0 amide bonds. The van der Waals surface area contributed by atoms with Crippen LogP contribution in [-0.2, 0) is 17.4 Å². The van der Waals surface area contributed by atoms with Crippen LogP contribution in [0.4, 0.5) is 0 Å². The van der Waals surface area contributed by atoms with Crippen molar-refractivity contribution in [2.45, 2.75) is 59.1 Å². The summed E-state index contributed by atoms with van der Waals surface area (Å²) >= 11 is 0. The topological polar surface area (TPSA) is 47.9 Å². The molecule has 0 N–H and O–H groups in total. The highest BCUT2D eigenvalue weighted by Crippen LogP contribution is 2.32. The van der Waals surface area contributed by atoms with Crippen molar-refractivity contribution in [2.24, 2.45) is 4.40 Å². The van der Waals surface area contributed by atoms with Crippen molar-refractivity contribution in [3.05, 3.63) is 23.8 Å².